The molecule has 148 valence electrons. The summed E-state index contributed by atoms with van der Waals surface area (Å²) in [5.41, 5.74) is 0. The number of carbonyl (C=O) groups excluding carboxylic acids is 1. The molecule has 0 amide bonds. The van der Waals surface area contributed by atoms with Crippen molar-refractivity contribution in [3.63, 3.8) is 0 Å². The third kappa shape index (κ3) is 21.8. The predicted octanol–water partition coefficient (Wildman–Crippen LogP) is 5.73. The summed E-state index contributed by atoms with van der Waals surface area (Å²) in [5, 5.41) is 10.1. The van der Waals surface area contributed by atoms with Gasteiger partial charge in [-0.15, -0.1) is 0 Å². The van der Waals surface area contributed by atoms with Crippen molar-refractivity contribution >= 4 is 25.7 Å². The van der Waals surface area contributed by atoms with Crippen molar-refractivity contribution in [2.24, 2.45) is 0 Å². The van der Waals surface area contributed by atoms with Gasteiger partial charge in [0, 0.05) is 0 Å². The molecule has 25 heavy (non-hydrogen) atoms. The van der Waals surface area contributed by atoms with Crippen molar-refractivity contribution in [2.75, 3.05) is 6.61 Å². The number of rotatable bonds is 16. The van der Waals surface area contributed by atoms with E-state index in [0.717, 1.165) is 25.7 Å². The van der Waals surface area contributed by atoms with Gasteiger partial charge in [0.25, 0.3) is 0 Å². The molecule has 0 radical (unpaired) electrons. The summed E-state index contributed by atoms with van der Waals surface area (Å²) >= 11 is -0.839. The van der Waals surface area contributed by atoms with Crippen LogP contribution in [-0.4, -0.2) is 32.3 Å². The SMILES string of the molecule is C=C(OCCCCCC)C(=O)[O-].CCC[CH2][Sn+]([CH2]CCC)[CH2]CCC. The van der Waals surface area contributed by atoms with E-state index in [4.69, 9.17) is 4.74 Å². The van der Waals surface area contributed by atoms with Crippen LogP contribution in [-0.2, 0) is 9.53 Å². The van der Waals surface area contributed by atoms with Crippen LogP contribution < -0.4 is 5.11 Å². The van der Waals surface area contributed by atoms with E-state index >= 15 is 0 Å². The number of carbonyl (C=O) groups is 1. The summed E-state index contributed by atoms with van der Waals surface area (Å²) in [4.78, 5) is 10.1. The zero-order valence-electron chi connectivity index (χ0n) is 17.3. The van der Waals surface area contributed by atoms with Crippen molar-refractivity contribution in [2.45, 2.75) is 105 Å². The Morgan fingerprint density at radius 2 is 1.24 bits per heavy atom. The Balaban J connectivity index is 0. The molecule has 0 heterocycles. The van der Waals surface area contributed by atoms with Crippen molar-refractivity contribution < 1.29 is 14.6 Å². The van der Waals surface area contributed by atoms with E-state index in [1.807, 2.05) is 0 Å². The van der Waals surface area contributed by atoms with Gasteiger partial charge in [0.05, 0.1) is 6.61 Å². The molecule has 0 fully saturated rings. The zero-order chi connectivity index (χ0) is 19.3. The third-order valence-electron chi connectivity index (χ3n) is 4.15. The van der Waals surface area contributed by atoms with E-state index in [9.17, 15) is 9.90 Å². The van der Waals surface area contributed by atoms with Crippen LogP contribution in [0.2, 0.25) is 13.3 Å². The second kappa shape index (κ2) is 21.9. The number of hydrogen-bond donors (Lipinski definition) is 0. The van der Waals surface area contributed by atoms with Gasteiger partial charge in [0.15, 0.2) is 0 Å². The number of unbranched alkanes of at least 4 members (excludes halogenated alkanes) is 6. The summed E-state index contributed by atoms with van der Waals surface area (Å²) < 4.78 is 9.83. The van der Waals surface area contributed by atoms with E-state index in [-0.39, 0.29) is 5.76 Å². The van der Waals surface area contributed by atoms with Gasteiger partial charge in [-0.05, 0) is 6.42 Å². The quantitative estimate of drug-likeness (QED) is 0.128. The zero-order valence-corrected chi connectivity index (χ0v) is 20.2. The van der Waals surface area contributed by atoms with Crippen molar-refractivity contribution in [1.82, 2.24) is 0 Å². The molecule has 0 aliphatic heterocycles. The molecule has 0 N–H and O–H groups in total. The van der Waals surface area contributed by atoms with Gasteiger partial charge in [-0.1, -0.05) is 32.8 Å². The molecule has 0 aromatic rings. The van der Waals surface area contributed by atoms with Crippen LogP contribution in [0.5, 0.6) is 0 Å². The molecule has 0 saturated carbocycles. The van der Waals surface area contributed by atoms with E-state index in [2.05, 4.69) is 34.3 Å². The predicted molar refractivity (Wildman–Crippen MR) is 109 cm³/mol. The van der Waals surface area contributed by atoms with Gasteiger partial charge >= 0.3 is 92.4 Å². The first-order chi connectivity index (χ1) is 12.0. The number of ether oxygens (including phenoxy) is 1. The molecule has 3 nitrogen and oxygen atoms in total. The van der Waals surface area contributed by atoms with E-state index < -0.39 is 25.7 Å². The molecule has 0 unspecified atom stereocenters. The average Bonchev–Trinajstić information content (AvgIpc) is 2.61. The maximum absolute atomic E-state index is 10.1. The topological polar surface area (TPSA) is 49.4 Å². The Labute approximate surface area is 164 Å². The van der Waals surface area contributed by atoms with Crippen LogP contribution in [0.15, 0.2) is 12.3 Å². The Morgan fingerprint density at radius 1 is 0.800 bits per heavy atom. The summed E-state index contributed by atoms with van der Waals surface area (Å²) in [6, 6.07) is 0. The first kappa shape index (κ1) is 27.0. The number of hydrogen-bond acceptors (Lipinski definition) is 3. The fourth-order valence-electron chi connectivity index (χ4n) is 2.44. The van der Waals surface area contributed by atoms with Gasteiger partial charge in [0.2, 0.25) is 0 Å². The molecule has 0 aromatic heterocycles. The molecule has 0 saturated heterocycles. The molecule has 0 aliphatic carbocycles. The monoisotopic (exact) mass is 462 g/mol. The summed E-state index contributed by atoms with van der Waals surface area (Å²) in [5.74, 6) is -1.60. The summed E-state index contributed by atoms with van der Waals surface area (Å²) in [7, 11) is 0. The molecular weight excluding hydrogens is 419 g/mol. The van der Waals surface area contributed by atoms with Gasteiger partial charge in [-0.2, -0.15) is 0 Å². The standard InChI is InChI=1S/C9H16O3.3C4H9.Sn/c1-3-4-5-6-7-12-8(2)9(10)11;3*1-3-4-2;/h2-7H2,1H3,(H,10,11);3*1,3-4H2,2H3;/q;;;;+1/p-1. The van der Waals surface area contributed by atoms with Crippen LogP contribution in [0, 0.1) is 0 Å². The third-order valence-corrected chi connectivity index (χ3v) is 13.2. The maximum atomic E-state index is 10.1. The second-order valence-electron chi connectivity index (χ2n) is 6.68. The van der Waals surface area contributed by atoms with Gasteiger partial charge in [-0.3, -0.25) is 0 Å². The number of carboxylic acids is 1. The summed E-state index contributed by atoms with van der Waals surface area (Å²) in [6.45, 7) is 12.7. The average molecular weight is 461 g/mol. The van der Waals surface area contributed by atoms with Crippen LogP contribution in [0.4, 0.5) is 0 Å². The van der Waals surface area contributed by atoms with Crippen molar-refractivity contribution in [3.8, 4) is 0 Å². The van der Waals surface area contributed by atoms with E-state index in [1.54, 1.807) is 13.3 Å². The van der Waals surface area contributed by atoms with E-state index in [0.29, 0.717) is 6.61 Å². The minimum atomic E-state index is -1.33. The normalized spacial score (nSPS) is 9.92. The molecular formula is C21H42O3Sn. The molecule has 0 aromatic carbocycles. The molecule has 0 atom stereocenters. The van der Waals surface area contributed by atoms with Crippen LogP contribution in [0.1, 0.15) is 91.9 Å². The Bertz CT molecular complexity index is 286. The Kier molecular flexibility index (Phi) is 23.6. The van der Waals surface area contributed by atoms with Gasteiger partial charge in [0.1, 0.15) is 11.7 Å². The van der Waals surface area contributed by atoms with Crippen LogP contribution >= 0.6 is 0 Å². The van der Waals surface area contributed by atoms with Crippen molar-refractivity contribution in [1.29, 1.82) is 0 Å². The van der Waals surface area contributed by atoms with Crippen molar-refractivity contribution in [3.05, 3.63) is 12.3 Å². The van der Waals surface area contributed by atoms with Crippen LogP contribution in [0.25, 0.3) is 0 Å². The van der Waals surface area contributed by atoms with Crippen LogP contribution in [0.3, 0.4) is 0 Å². The Morgan fingerprint density at radius 3 is 1.60 bits per heavy atom. The van der Waals surface area contributed by atoms with Gasteiger partial charge in [-0.25, -0.2) is 0 Å². The molecule has 0 rings (SSSR count). The molecule has 0 spiro atoms. The van der Waals surface area contributed by atoms with Gasteiger partial charge < -0.3 is 14.6 Å². The first-order valence-corrected chi connectivity index (χ1v) is 16.4. The fourth-order valence-corrected chi connectivity index (χ4v) is 11.9. The summed E-state index contributed by atoms with van der Waals surface area (Å²) in [6.07, 6.45) is 13.1. The first-order valence-electron chi connectivity index (χ1n) is 10.4. The fraction of sp³-hybridized carbons (Fsp3) is 0.857. The number of carboxylic acid groups (broad SMARTS) is 1. The Hall–Kier alpha value is -0.191. The second-order valence-corrected chi connectivity index (χ2v) is 15.2. The number of aliphatic carboxylic acids is 1. The molecule has 0 bridgehead atoms. The van der Waals surface area contributed by atoms with E-state index in [1.165, 1.54) is 38.5 Å². The molecule has 0 aliphatic rings. The molecule has 4 heteroatoms. The minimum absolute atomic E-state index is 0.272.